The van der Waals surface area contributed by atoms with Crippen LogP contribution in [0.3, 0.4) is 0 Å². The lowest BCUT2D eigenvalue weighted by molar-refractivity contribution is -0.136. The third kappa shape index (κ3) is 3.24. The number of nitrogens with zero attached hydrogens (tertiary/aromatic N) is 1. The topological polar surface area (TPSA) is 118 Å². The van der Waals surface area contributed by atoms with Gasteiger partial charge in [0.05, 0.1) is 12.0 Å². The highest BCUT2D eigenvalue weighted by atomic mass is 16.5. The van der Waals surface area contributed by atoms with E-state index in [0.29, 0.717) is 5.82 Å². The summed E-state index contributed by atoms with van der Waals surface area (Å²) in [6.07, 6.45) is 5.34. The minimum Gasteiger partial charge on any atom is -0.481 e. The number of hydrogen-bond acceptors (Lipinski definition) is 5. The SMILES string of the molecule is COC1(c2nc(N)c(CC(=O)O)c(=O)[nH]2)CCCCCC1. The summed E-state index contributed by atoms with van der Waals surface area (Å²) < 4.78 is 5.67. The Morgan fingerprint density at radius 1 is 1.38 bits per heavy atom. The number of nitrogen functional groups attached to an aromatic ring is 1. The number of carbonyl (C=O) groups is 1. The van der Waals surface area contributed by atoms with Gasteiger partial charge < -0.3 is 20.6 Å². The monoisotopic (exact) mass is 295 g/mol. The van der Waals surface area contributed by atoms with Crippen molar-refractivity contribution < 1.29 is 14.6 Å². The third-order valence-electron chi connectivity index (χ3n) is 4.11. The molecule has 0 spiro atoms. The Bertz CT molecular complexity index is 574. The van der Waals surface area contributed by atoms with Crippen molar-refractivity contribution in [1.29, 1.82) is 0 Å². The van der Waals surface area contributed by atoms with E-state index in [-0.39, 0.29) is 11.4 Å². The second kappa shape index (κ2) is 6.26. The van der Waals surface area contributed by atoms with E-state index in [2.05, 4.69) is 9.97 Å². The second-order valence-electron chi connectivity index (χ2n) is 5.46. The third-order valence-corrected chi connectivity index (χ3v) is 4.11. The maximum absolute atomic E-state index is 12.1. The van der Waals surface area contributed by atoms with Gasteiger partial charge in [0.15, 0.2) is 0 Å². The lowest BCUT2D eigenvalue weighted by Crippen LogP contribution is -2.34. The highest BCUT2D eigenvalue weighted by Gasteiger charge is 2.36. The average molecular weight is 295 g/mol. The number of aromatic amines is 1. The van der Waals surface area contributed by atoms with Gasteiger partial charge in [-0.1, -0.05) is 25.7 Å². The molecule has 0 saturated heterocycles. The van der Waals surface area contributed by atoms with Gasteiger partial charge in [0.1, 0.15) is 17.2 Å². The molecule has 0 atom stereocenters. The van der Waals surface area contributed by atoms with Gasteiger partial charge in [0, 0.05) is 7.11 Å². The van der Waals surface area contributed by atoms with E-state index in [1.54, 1.807) is 7.11 Å². The predicted octanol–water partition coefficient (Wildman–Crippen LogP) is 1.18. The summed E-state index contributed by atoms with van der Waals surface area (Å²) in [7, 11) is 1.60. The molecule has 0 aliphatic heterocycles. The molecule has 116 valence electrons. The van der Waals surface area contributed by atoms with Crippen molar-refractivity contribution in [1.82, 2.24) is 9.97 Å². The number of nitrogens with one attached hydrogen (secondary N) is 1. The molecule has 4 N–H and O–H groups in total. The molecular weight excluding hydrogens is 274 g/mol. The van der Waals surface area contributed by atoms with Gasteiger partial charge in [-0.05, 0) is 12.8 Å². The van der Waals surface area contributed by atoms with Crippen LogP contribution < -0.4 is 11.3 Å². The quantitative estimate of drug-likeness (QED) is 0.718. The Labute approximate surface area is 122 Å². The largest absolute Gasteiger partial charge is 0.481 e. The standard InChI is InChI=1S/C14H21N3O4/c1-21-14(6-4-2-3-5-7-14)13-16-11(15)9(8-10(18)19)12(20)17-13/h2-8H2,1H3,(H,18,19)(H3,15,16,17,20). The van der Waals surface area contributed by atoms with Crippen molar-refractivity contribution in [2.75, 3.05) is 12.8 Å². The minimum atomic E-state index is -1.11. The van der Waals surface area contributed by atoms with Gasteiger partial charge in [-0.3, -0.25) is 9.59 Å². The van der Waals surface area contributed by atoms with Gasteiger partial charge >= 0.3 is 5.97 Å². The zero-order chi connectivity index (χ0) is 15.5. The summed E-state index contributed by atoms with van der Waals surface area (Å²) in [6.45, 7) is 0. The van der Waals surface area contributed by atoms with E-state index < -0.39 is 23.6 Å². The number of carboxylic acids is 1. The highest BCUT2D eigenvalue weighted by molar-refractivity contribution is 5.71. The van der Waals surface area contributed by atoms with Crippen molar-refractivity contribution in [3.8, 4) is 0 Å². The number of rotatable bonds is 4. The van der Waals surface area contributed by atoms with Crippen LogP contribution in [0.4, 0.5) is 5.82 Å². The fraction of sp³-hybridized carbons (Fsp3) is 0.643. The van der Waals surface area contributed by atoms with E-state index in [1.165, 1.54) is 0 Å². The first-order valence-electron chi connectivity index (χ1n) is 7.14. The van der Waals surface area contributed by atoms with E-state index in [4.69, 9.17) is 15.6 Å². The van der Waals surface area contributed by atoms with Crippen molar-refractivity contribution in [3.63, 3.8) is 0 Å². The number of carboxylic acid groups (broad SMARTS) is 1. The number of ether oxygens (including phenoxy) is 1. The van der Waals surface area contributed by atoms with Crippen molar-refractivity contribution in [3.05, 3.63) is 21.7 Å². The van der Waals surface area contributed by atoms with E-state index in [0.717, 1.165) is 38.5 Å². The Balaban J connectivity index is 2.43. The molecule has 2 rings (SSSR count). The van der Waals surface area contributed by atoms with Crippen molar-refractivity contribution in [2.24, 2.45) is 0 Å². The lowest BCUT2D eigenvalue weighted by atomic mass is 9.93. The summed E-state index contributed by atoms with van der Waals surface area (Å²) in [6, 6.07) is 0. The summed E-state index contributed by atoms with van der Waals surface area (Å²) >= 11 is 0. The van der Waals surface area contributed by atoms with Crippen LogP contribution in [-0.4, -0.2) is 28.2 Å². The molecule has 21 heavy (non-hydrogen) atoms. The maximum Gasteiger partial charge on any atom is 0.308 e. The Morgan fingerprint density at radius 2 is 2.00 bits per heavy atom. The van der Waals surface area contributed by atoms with Gasteiger partial charge in [-0.25, -0.2) is 4.98 Å². The van der Waals surface area contributed by atoms with Crippen LogP contribution in [0, 0.1) is 0 Å². The van der Waals surface area contributed by atoms with E-state index >= 15 is 0 Å². The predicted molar refractivity (Wildman–Crippen MR) is 77.0 cm³/mol. The number of hydrogen-bond donors (Lipinski definition) is 3. The fourth-order valence-corrected chi connectivity index (χ4v) is 2.89. The molecule has 0 unspecified atom stereocenters. The molecule has 0 radical (unpaired) electrons. The molecule has 7 heteroatoms. The number of aromatic nitrogens is 2. The first-order valence-corrected chi connectivity index (χ1v) is 7.14. The van der Waals surface area contributed by atoms with Crippen LogP contribution in [0.5, 0.6) is 0 Å². The number of methoxy groups -OCH3 is 1. The molecule has 0 aromatic carbocycles. The molecule has 1 aromatic heterocycles. The normalized spacial score (nSPS) is 18.1. The van der Waals surface area contributed by atoms with Crippen LogP contribution in [0.25, 0.3) is 0 Å². The molecule has 1 fully saturated rings. The van der Waals surface area contributed by atoms with E-state index in [1.807, 2.05) is 0 Å². The van der Waals surface area contributed by atoms with Crippen LogP contribution in [0.15, 0.2) is 4.79 Å². The highest BCUT2D eigenvalue weighted by Crippen LogP contribution is 2.37. The molecule has 1 aliphatic rings. The molecule has 1 aromatic rings. The number of aliphatic carboxylic acids is 1. The van der Waals surface area contributed by atoms with Crippen LogP contribution in [0.1, 0.15) is 49.9 Å². The number of nitrogens with two attached hydrogens (primary N) is 1. The minimum absolute atomic E-state index is 0.00822. The lowest BCUT2D eigenvalue weighted by Gasteiger charge is -2.30. The van der Waals surface area contributed by atoms with Crippen LogP contribution in [-0.2, 0) is 21.6 Å². The zero-order valence-electron chi connectivity index (χ0n) is 12.1. The smallest absolute Gasteiger partial charge is 0.308 e. The molecule has 0 bridgehead atoms. The van der Waals surface area contributed by atoms with Crippen LogP contribution in [0.2, 0.25) is 0 Å². The Kier molecular flexibility index (Phi) is 4.62. The summed E-state index contributed by atoms with van der Waals surface area (Å²) in [5.74, 6) is -0.738. The Morgan fingerprint density at radius 3 is 2.48 bits per heavy atom. The first-order chi connectivity index (χ1) is 9.98. The summed E-state index contributed by atoms with van der Waals surface area (Å²) in [4.78, 5) is 29.8. The fourth-order valence-electron chi connectivity index (χ4n) is 2.89. The summed E-state index contributed by atoms with van der Waals surface area (Å²) in [5, 5.41) is 8.81. The van der Waals surface area contributed by atoms with Gasteiger partial charge in [-0.15, -0.1) is 0 Å². The number of anilines is 1. The second-order valence-corrected chi connectivity index (χ2v) is 5.46. The van der Waals surface area contributed by atoms with Crippen molar-refractivity contribution >= 4 is 11.8 Å². The zero-order valence-corrected chi connectivity index (χ0v) is 12.1. The molecule has 7 nitrogen and oxygen atoms in total. The number of H-pyrrole nitrogens is 1. The average Bonchev–Trinajstić information content (AvgIpc) is 2.68. The molecule has 1 aliphatic carbocycles. The first kappa shape index (κ1) is 15.5. The summed E-state index contributed by atoms with van der Waals surface area (Å²) in [5.41, 5.74) is 4.64. The molecular formula is C14H21N3O4. The van der Waals surface area contributed by atoms with Gasteiger partial charge in [0.2, 0.25) is 0 Å². The van der Waals surface area contributed by atoms with Gasteiger partial charge in [-0.2, -0.15) is 0 Å². The molecule has 0 amide bonds. The van der Waals surface area contributed by atoms with E-state index in [9.17, 15) is 9.59 Å². The molecule has 1 heterocycles. The maximum atomic E-state index is 12.1. The van der Waals surface area contributed by atoms with Gasteiger partial charge in [0.25, 0.3) is 5.56 Å². The Hall–Kier alpha value is -1.89. The van der Waals surface area contributed by atoms with Crippen LogP contribution >= 0.6 is 0 Å². The molecule has 1 saturated carbocycles. The van der Waals surface area contributed by atoms with Crippen molar-refractivity contribution in [2.45, 2.75) is 50.5 Å².